The molecule has 0 spiro atoms. The number of carbonyl (C=O) groups excluding carboxylic acids is 1. The molecule has 1 aromatic carbocycles. The monoisotopic (exact) mass is 218 g/mol. The Hall–Kier alpha value is -1.31. The van der Waals surface area contributed by atoms with Gasteiger partial charge >= 0.3 is 0 Å². The minimum Gasteiger partial charge on any atom is -0.508 e. The zero-order valence-corrected chi connectivity index (χ0v) is 9.70. The van der Waals surface area contributed by atoms with Gasteiger partial charge in [-0.2, -0.15) is 0 Å². The van der Waals surface area contributed by atoms with E-state index in [1.54, 1.807) is 6.07 Å². The van der Waals surface area contributed by atoms with Crippen molar-refractivity contribution in [3.63, 3.8) is 0 Å². The predicted octanol–water partition coefficient (Wildman–Crippen LogP) is 3.18. The van der Waals surface area contributed by atoms with Crippen molar-refractivity contribution >= 4 is 5.78 Å². The average Bonchev–Trinajstić information content (AvgIpc) is 2.31. The molecule has 0 heterocycles. The molecule has 2 nitrogen and oxygen atoms in total. The minimum absolute atomic E-state index is 0.387. The molecule has 1 fully saturated rings. The SMILES string of the molecule is CCc1cc(C2CCC(=O)CC2)ccc1O. The van der Waals surface area contributed by atoms with Crippen LogP contribution in [-0.2, 0) is 11.2 Å². The molecule has 0 saturated heterocycles. The van der Waals surface area contributed by atoms with Crippen molar-refractivity contribution in [3.8, 4) is 5.75 Å². The Morgan fingerprint density at radius 1 is 1.31 bits per heavy atom. The van der Waals surface area contributed by atoms with E-state index in [0.717, 1.165) is 24.8 Å². The van der Waals surface area contributed by atoms with Gasteiger partial charge in [-0.1, -0.05) is 19.1 Å². The molecule has 0 bridgehead atoms. The molecule has 0 aromatic heterocycles. The quantitative estimate of drug-likeness (QED) is 0.827. The fourth-order valence-corrected chi connectivity index (χ4v) is 2.42. The lowest BCUT2D eigenvalue weighted by Crippen LogP contribution is -2.12. The van der Waals surface area contributed by atoms with Crippen LogP contribution in [0.3, 0.4) is 0 Å². The number of rotatable bonds is 2. The number of carbonyl (C=O) groups is 1. The predicted molar refractivity (Wildman–Crippen MR) is 63.7 cm³/mol. The summed E-state index contributed by atoms with van der Waals surface area (Å²) in [5, 5.41) is 9.62. The van der Waals surface area contributed by atoms with Crippen LogP contribution in [-0.4, -0.2) is 10.9 Å². The zero-order chi connectivity index (χ0) is 11.5. The van der Waals surface area contributed by atoms with Gasteiger partial charge in [-0.15, -0.1) is 0 Å². The van der Waals surface area contributed by atoms with Crippen LogP contribution in [0.25, 0.3) is 0 Å². The second-order valence-corrected chi connectivity index (χ2v) is 4.55. The first-order chi connectivity index (χ1) is 7.70. The molecule has 0 unspecified atom stereocenters. The van der Waals surface area contributed by atoms with E-state index in [1.165, 1.54) is 5.56 Å². The third kappa shape index (κ3) is 2.26. The molecule has 2 heteroatoms. The molecular formula is C14H18O2. The minimum atomic E-state index is 0.387. The highest BCUT2D eigenvalue weighted by molar-refractivity contribution is 5.79. The van der Waals surface area contributed by atoms with E-state index in [9.17, 15) is 9.90 Å². The largest absolute Gasteiger partial charge is 0.508 e. The Morgan fingerprint density at radius 3 is 2.62 bits per heavy atom. The van der Waals surface area contributed by atoms with Gasteiger partial charge in [0.25, 0.3) is 0 Å². The van der Waals surface area contributed by atoms with E-state index in [4.69, 9.17) is 0 Å². The van der Waals surface area contributed by atoms with Gasteiger partial charge in [-0.25, -0.2) is 0 Å². The van der Waals surface area contributed by atoms with Crippen molar-refractivity contribution in [2.24, 2.45) is 0 Å². The smallest absolute Gasteiger partial charge is 0.132 e. The van der Waals surface area contributed by atoms with Crippen LogP contribution in [0.1, 0.15) is 49.7 Å². The van der Waals surface area contributed by atoms with Gasteiger partial charge in [-0.3, -0.25) is 4.79 Å². The van der Waals surface area contributed by atoms with E-state index < -0.39 is 0 Å². The molecule has 0 amide bonds. The molecule has 1 aliphatic carbocycles. The lowest BCUT2D eigenvalue weighted by molar-refractivity contribution is -0.120. The lowest BCUT2D eigenvalue weighted by Gasteiger charge is -2.22. The normalized spacial score (nSPS) is 17.7. The van der Waals surface area contributed by atoms with Crippen LogP contribution in [0.2, 0.25) is 0 Å². The molecule has 1 aromatic rings. The number of phenols is 1. The maximum absolute atomic E-state index is 11.2. The van der Waals surface area contributed by atoms with Crippen molar-refractivity contribution in [2.45, 2.75) is 44.9 Å². The molecule has 1 N–H and O–H groups in total. The summed E-state index contributed by atoms with van der Waals surface area (Å²) in [5.41, 5.74) is 2.29. The number of ketones is 1. The number of aryl methyl sites for hydroxylation is 1. The number of hydrogen-bond acceptors (Lipinski definition) is 2. The topological polar surface area (TPSA) is 37.3 Å². The van der Waals surface area contributed by atoms with E-state index in [1.807, 2.05) is 13.0 Å². The third-order valence-corrected chi connectivity index (χ3v) is 3.50. The van der Waals surface area contributed by atoms with Gasteiger partial charge in [-0.05, 0) is 42.4 Å². The summed E-state index contributed by atoms with van der Waals surface area (Å²) in [6, 6.07) is 5.87. The lowest BCUT2D eigenvalue weighted by atomic mass is 9.83. The van der Waals surface area contributed by atoms with Crippen molar-refractivity contribution < 1.29 is 9.90 Å². The third-order valence-electron chi connectivity index (χ3n) is 3.50. The fourth-order valence-electron chi connectivity index (χ4n) is 2.42. The molecule has 16 heavy (non-hydrogen) atoms. The molecular weight excluding hydrogens is 200 g/mol. The Kier molecular flexibility index (Phi) is 3.28. The highest BCUT2D eigenvalue weighted by Crippen LogP contribution is 2.33. The first-order valence-electron chi connectivity index (χ1n) is 6.04. The summed E-state index contributed by atoms with van der Waals surface area (Å²) in [6.07, 6.45) is 4.21. The second kappa shape index (κ2) is 4.69. The van der Waals surface area contributed by atoms with E-state index in [-0.39, 0.29) is 0 Å². The molecule has 86 valence electrons. The van der Waals surface area contributed by atoms with E-state index in [0.29, 0.717) is 30.3 Å². The number of hydrogen-bond donors (Lipinski definition) is 1. The molecule has 0 atom stereocenters. The summed E-state index contributed by atoms with van der Waals surface area (Å²) in [7, 11) is 0. The van der Waals surface area contributed by atoms with Gasteiger partial charge in [0.05, 0.1) is 0 Å². The number of Topliss-reactive ketones (excluding diaryl/α,β-unsaturated/α-hetero) is 1. The summed E-state index contributed by atoms with van der Waals surface area (Å²) < 4.78 is 0. The Balaban J connectivity index is 2.17. The number of phenolic OH excluding ortho intramolecular Hbond substituents is 1. The maximum Gasteiger partial charge on any atom is 0.132 e. The fraction of sp³-hybridized carbons (Fsp3) is 0.500. The van der Waals surface area contributed by atoms with Gasteiger partial charge in [0.1, 0.15) is 11.5 Å². The molecule has 1 saturated carbocycles. The summed E-state index contributed by atoms with van der Waals surface area (Å²) in [4.78, 5) is 11.2. The van der Waals surface area contributed by atoms with Crippen LogP contribution in [0, 0.1) is 0 Å². The first-order valence-corrected chi connectivity index (χ1v) is 6.04. The highest BCUT2D eigenvalue weighted by atomic mass is 16.3. The van der Waals surface area contributed by atoms with Crippen molar-refractivity contribution in [2.75, 3.05) is 0 Å². The van der Waals surface area contributed by atoms with Gasteiger partial charge in [0.15, 0.2) is 0 Å². The van der Waals surface area contributed by atoms with Gasteiger partial charge in [0.2, 0.25) is 0 Å². The van der Waals surface area contributed by atoms with Crippen molar-refractivity contribution in [1.82, 2.24) is 0 Å². The van der Waals surface area contributed by atoms with Crippen LogP contribution >= 0.6 is 0 Å². The zero-order valence-electron chi connectivity index (χ0n) is 9.70. The summed E-state index contributed by atoms with van der Waals surface area (Å²) in [5.74, 6) is 1.28. The number of aromatic hydroxyl groups is 1. The van der Waals surface area contributed by atoms with Crippen LogP contribution in [0.4, 0.5) is 0 Å². The van der Waals surface area contributed by atoms with Crippen LogP contribution in [0.15, 0.2) is 18.2 Å². The van der Waals surface area contributed by atoms with Crippen molar-refractivity contribution in [3.05, 3.63) is 29.3 Å². The Labute approximate surface area is 96.3 Å². The first kappa shape index (κ1) is 11.2. The summed E-state index contributed by atoms with van der Waals surface area (Å²) >= 11 is 0. The highest BCUT2D eigenvalue weighted by Gasteiger charge is 2.20. The van der Waals surface area contributed by atoms with Crippen molar-refractivity contribution in [1.29, 1.82) is 0 Å². The Morgan fingerprint density at radius 2 is 2.00 bits per heavy atom. The Bertz CT molecular complexity index is 386. The van der Waals surface area contributed by atoms with Crippen LogP contribution < -0.4 is 0 Å². The standard InChI is InChI=1S/C14H18O2/c1-2-10-9-12(5-8-14(10)16)11-3-6-13(15)7-4-11/h5,8-9,11,16H,2-4,6-7H2,1H3. The van der Waals surface area contributed by atoms with E-state index in [2.05, 4.69) is 6.07 Å². The average molecular weight is 218 g/mol. The maximum atomic E-state index is 11.2. The molecule has 0 aliphatic heterocycles. The number of benzene rings is 1. The van der Waals surface area contributed by atoms with Gasteiger partial charge < -0.3 is 5.11 Å². The molecule has 2 rings (SSSR count). The second-order valence-electron chi connectivity index (χ2n) is 4.55. The molecule has 0 radical (unpaired) electrons. The van der Waals surface area contributed by atoms with Gasteiger partial charge in [0, 0.05) is 12.8 Å². The summed E-state index contributed by atoms with van der Waals surface area (Å²) in [6.45, 7) is 2.04. The van der Waals surface area contributed by atoms with Crippen LogP contribution in [0.5, 0.6) is 5.75 Å². The van der Waals surface area contributed by atoms with E-state index >= 15 is 0 Å². The molecule has 1 aliphatic rings.